The Kier molecular flexibility index (Phi) is 4.94. The molecule has 130 valence electrons. The molecule has 0 bridgehead atoms. The smallest absolute Gasteiger partial charge is 0.259 e. The number of aryl methyl sites for hydroxylation is 2. The topological polar surface area (TPSA) is 94.5 Å². The summed E-state index contributed by atoms with van der Waals surface area (Å²) in [5.41, 5.74) is 1.18. The van der Waals surface area contributed by atoms with Crippen molar-refractivity contribution in [1.29, 1.82) is 0 Å². The molecule has 0 N–H and O–H groups in total. The third kappa shape index (κ3) is 3.33. The molecule has 3 heterocycles. The Balaban J connectivity index is 1.70. The fraction of sp³-hybridized carbons (Fsp3) is 0.625. The normalized spacial score (nSPS) is 18.1. The van der Waals surface area contributed by atoms with Crippen LogP contribution in [-0.4, -0.2) is 52.9 Å². The molecule has 24 heavy (non-hydrogen) atoms. The molecule has 0 saturated carbocycles. The predicted molar refractivity (Wildman–Crippen MR) is 83.7 cm³/mol. The molecule has 8 nitrogen and oxygen atoms in total. The molecule has 2 aromatic heterocycles. The molecule has 1 atom stereocenters. The van der Waals surface area contributed by atoms with Crippen LogP contribution in [0.5, 0.6) is 0 Å². The summed E-state index contributed by atoms with van der Waals surface area (Å²) in [6, 6.07) is 0. The van der Waals surface area contributed by atoms with Gasteiger partial charge in [-0.05, 0) is 26.7 Å². The highest BCUT2D eigenvalue weighted by Crippen LogP contribution is 2.27. The van der Waals surface area contributed by atoms with E-state index in [0.29, 0.717) is 54.8 Å². The first-order valence-corrected chi connectivity index (χ1v) is 8.13. The lowest BCUT2D eigenvalue weighted by Gasteiger charge is -2.30. The summed E-state index contributed by atoms with van der Waals surface area (Å²) in [4.78, 5) is 19.0. The summed E-state index contributed by atoms with van der Waals surface area (Å²) >= 11 is 0. The van der Waals surface area contributed by atoms with Crippen molar-refractivity contribution in [1.82, 2.24) is 20.2 Å². The van der Waals surface area contributed by atoms with E-state index in [1.807, 2.05) is 4.90 Å². The number of hydrogen-bond acceptors (Lipinski definition) is 7. The second-order valence-corrected chi connectivity index (χ2v) is 6.08. The summed E-state index contributed by atoms with van der Waals surface area (Å²) in [7, 11) is 1.64. The van der Waals surface area contributed by atoms with E-state index in [9.17, 15) is 4.79 Å². The number of carbonyl (C=O) groups excluding carboxylic acids is 1. The van der Waals surface area contributed by atoms with Crippen molar-refractivity contribution in [2.24, 2.45) is 0 Å². The number of rotatable bonds is 5. The number of carbonyl (C=O) groups is 1. The van der Waals surface area contributed by atoms with Crippen molar-refractivity contribution in [3.63, 3.8) is 0 Å². The summed E-state index contributed by atoms with van der Waals surface area (Å²) in [5, 5.41) is 7.85. The lowest BCUT2D eigenvalue weighted by Crippen LogP contribution is -2.39. The minimum atomic E-state index is -0.0462. The fourth-order valence-corrected chi connectivity index (χ4v) is 3.04. The number of piperidine rings is 1. The Morgan fingerprint density at radius 2 is 2.17 bits per heavy atom. The van der Waals surface area contributed by atoms with Gasteiger partial charge in [0.25, 0.3) is 5.91 Å². The van der Waals surface area contributed by atoms with Gasteiger partial charge in [0.2, 0.25) is 5.89 Å². The van der Waals surface area contributed by atoms with Gasteiger partial charge in [-0.1, -0.05) is 10.3 Å². The van der Waals surface area contributed by atoms with Crippen LogP contribution in [0.3, 0.4) is 0 Å². The second kappa shape index (κ2) is 7.12. The zero-order chi connectivity index (χ0) is 17.1. The minimum absolute atomic E-state index is 0.0462. The summed E-state index contributed by atoms with van der Waals surface area (Å²) < 4.78 is 15.5. The Morgan fingerprint density at radius 1 is 1.33 bits per heavy atom. The van der Waals surface area contributed by atoms with Crippen LogP contribution in [0.4, 0.5) is 0 Å². The maximum absolute atomic E-state index is 12.8. The average molecular weight is 334 g/mol. The molecule has 1 amide bonds. The van der Waals surface area contributed by atoms with Gasteiger partial charge in [-0.15, -0.1) is 0 Å². The zero-order valence-corrected chi connectivity index (χ0v) is 14.2. The van der Waals surface area contributed by atoms with Crippen LogP contribution in [0.15, 0.2) is 9.05 Å². The second-order valence-electron chi connectivity index (χ2n) is 6.08. The highest BCUT2D eigenvalue weighted by Gasteiger charge is 2.31. The SMILES string of the molecule is COCCc1noc([C@@H]2CCCN(C(=O)c3c(C)noc3C)C2)n1. The monoisotopic (exact) mass is 334 g/mol. The van der Waals surface area contributed by atoms with E-state index in [4.69, 9.17) is 13.8 Å². The van der Waals surface area contributed by atoms with Crippen LogP contribution in [0.2, 0.25) is 0 Å². The van der Waals surface area contributed by atoms with Crippen molar-refractivity contribution in [2.45, 2.75) is 39.0 Å². The number of ether oxygens (including phenoxy) is 1. The molecule has 1 aliphatic heterocycles. The summed E-state index contributed by atoms with van der Waals surface area (Å²) in [6.45, 7) is 5.37. The first-order valence-electron chi connectivity index (χ1n) is 8.13. The average Bonchev–Trinajstić information content (AvgIpc) is 3.19. The van der Waals surface area contributed by atoms with Crippen LogP contribution in [-0.2, 0) is 11.2 Å². The van der Waals surface area contributed by atoms with Crippen molar-refractivity contribution < 1.29 is 18.6 Å². The Bertz CT molecular complexity index is 689. The van der Waals surface area contributed by atoms with E-state index in [1.54, 1.807) is 21.0 Å². The number of nitrogens with zero attached hydrogens (tertiary/aromatic N) is 4. The van der Waals surface area contributed by atoms with Crippen molar-refractivity contribution in [3.8, 4) is 0 Å². The van der Waals surface area contributed by atoms with E-state index < -0.39 is 0 Å². The minimum Gasteiger partial charge on any atom is -0.384 e. The Hall–Kier alpha value is -2.22. The molecule has 0 unspecified atom stereocenters. The molecule has 0 aromatic carbocycles. The maximum atomic E-state index is 12.8. The number of aromatic nitrogens is 3. The predicted octanol–water partition coefficient (Wildman–Crippen LogP) is 1.88. The van der Waals surface area contributed by atoms with Crippen molar-refractivity contribution in [3.05, 3.63) is 28.7 Å². The standard InChI is InChI=1S/C16H22N4O4/c1-10-14(11(2)23-18-10)16(21)20-7-4-5-12(9-20)15-17-13(19-24-15)6-8-22-3/h12H,4-9H2,1-3H3/t12-/m1/s1. The van der Waals surface area contributed by atoms with Gasteiger partial charge in [-0.2, -0.15) is 4.98 Å². The van der Waals surface area contributed by atoms with Gasteiger partial charge in [-0.25, -0.2) is 0 Å². The largest absolute Gasteiger partial charge is 0.384 e. The molecule has 0 spiro atoms. The van der Waals surface area contributed by atoms with E-state index in [2.05, 4.69) is 15.3 Å². The van der Waals surface area contributed by atoms with E-state index in [-0.39, 0.29) is 11.8 Å². The van der Waals surface area contributed by atoms with Crippen LogP contribution in [0.1, 0.15) is 52.3 Å². The lowest BCUT2D eigenvalue weighted by atomic mass is 9.97. The highest BCUT2D eigenvalue weighted by molar-refractivity contribution is 5.96. The first kappa shape index (κ1) is 16.6. The van der Waals surface area contributed by atoms with Crippen molar-refractivity contribution >= 4 is 5.91 Å². The van der Waals surface area contributed by atoms with Gasteiger partial charge in [0.05, 0.1) is 18.2 Å². The number of methoxy groups -OCH3 is 1. The third-order valence-corrected chi connectivity index (χ3v) is 4.32. The molecule has 8 heteroatoms. The number of amides is 1. The molecule has 1 saturated heterocycles. The summed E-state index contributed by atoms with van der Waals surface area (Å²) in [5.74, 6) is 1.81. The third-order valence-electron chi connectivity index (χ3n) is 4.32. The summed E-state index contributed by atoms with van der Waals surface area (Å²) in [6.07, 6.45) is 2.45. The first-order chi connectivity index (χ1) is 11.6. The number of hydrogen-bond donors (Lipinski definition) is 0. The maximum Gasteiger partial charge on any atom is 0.259 e. The van der Waals surface area contributed by atoms with Gasteiger partial charge in [0.15, 0.2) is 5.82 Å². The molecular weight excluding hydrogens is 312 g/mol. The zero-order valence-electron chi connectivity index (χ0n) is 14.2. The van der Waals surface area contributed by atoms with E-state index in [1.165, 1.54) is 0 Å². The molecule has 0 radical (unpaired) electrons. The van der Waals surface area contributed by atoms with Gasteiger partial charge < -0.3 is 18.7 Å². The molecule has 3 rings (SSSR count). The number of likely N-dealkylation sites (tertiary alicyclic amines) is 1. The molecule has 2 aromatic rings. The van der Waals surface area contributed by atoms with Crippen molar-refractivity contribution in [2.75, 3.05) is 26.8 Å². The van der Waals surface area contributed by atoms with Crippen LogP contribution >= 0.6 is 0 Å². The molecule has 1 aliphatic rings. The Morgan fingerprint density at radius 3 is 2.88 bits per heavy atom. The lowest BCUT2D eigenvalue weighted by molar-refractivity contribution is 0.0693. The molecular formula is C16H22N4O4. The van der Waals surface area contributed by atoms with Gasteiger partial charge in [0.1, 0.15) is 11.3 Å². The fourth-order valence-electron chi connectivity index (χ4n) is 3.04. The van der Waals surface area contributed by atoms with Gasteiger partial charge >= 0.3 is 0 Å². The van der Waals surface area contributed by atoms with E-state index in [0.717, 1.165) is 12.8 Å². The van der Waals surface area contributed by atoms with Gasteiger partial charge in [0, 0.05) is 26.6 Å². The Labute approximate surface area is 140 Å². The molecule has 0 aliphatic carbocycles. The molecule has 1 fully saturated rings. The highest BCUT2D eigenvalue weighted by atomic mass is 16.5. The van der Waals surface area contributed by atoms with E-state index >= 15 is 0 Å². The van der Waals surface area contributed by atoms with Crippen LogP contribution < -0.4 is 0 Å². The van der Waals surface area contributed by atoms with Gasteiger partial charge in [-0.3, -0.25) is 4.79 Å². The van der Waals surface area contributed by atoms with Crippen LogP contribution in [0.25, 0.3) is 0 Å². The quantitative estimate of drug-likeness (QED) is 0.824. The van der Waals surface area contributed by atoms with Crippen LogP contribution in [0, 0.1) is 13.8 Å².